The molecular weight excluding hydrogens is 220 g/mol. The first-order valence-corrected chi connectivity index (χ1v) is 6.06. The third-order valence-corrected chi connectivity index (χ3v) is 3.02. The molecule has 0 saturated carbocycles. The van der Waals surface area contributed by atoms with Crippen LogP contribution in [0.15, 0.2) is 67.3 Å². The Kier molecular flexibility index (Phi) is 4.29. The highest BCUT2D eigenvalue weighted by Gasteiger charge is 2.03. The minimum absolute atomic E-state index is 0.118. The fourth-order valence-corrected chi connectivity index (χ4v) is 1.93. The molecule has 0 bridgehead atoms. The second-order valence-electron chi connectivity index (χ2n) is 4.28. The Morgan fingerprint density at radius 2 is 1.61 bits per heavy atom. The van der Waals surface area contributed by atoms with Gasteiger partial charge < -0.3 is 0 Å². The molecule has 0 aliphatic rings. The number of nitrogens with two attached hydrogens (primary N) is 1. The molecule has 1 atom stereocenters. The highest BCUT2D eigenvalue weighted by Crippen LogP contribution is 2.19. The van der Waals surface area contributed by atoms with Crippen LogP contribution in [0.2, 0.25) is 0 Å². The smallest absolute Gasteiger partial charge is 0.0428 e. The minimum atomic E-state index is 0.118. The molecule has 0 aliphatic heterocycles. The van der Waals surface area contributed by atoms with E-state index >= 15 is 0 Å². The molecule has 18 heavy (non-hydrogen) atoms. The molecule has 2 aromatic rings. The molecular formula is C16H18N2. The third-order valence-electron chi connectivity index (χ3n) is 3.02. The summed E-state index contributed by atoms with van der Waals surface area (Å²) < 4.78 is 0. The first-order valence-electron chi connectivity index (χ1n) is 6.06. The molecule has 2 heteroatoms. The zero-order chi connectivity index (χ0) is 12.8. The van der Waals surface area contributed by atoms with E-state index in [1.54, 1.807) is 0 Å². The first-order chi connectivity index (χ1) is 8.83. The van der Waals surface area contributed by atoms with Crippen LogP contribution in [0.25, 0.3) is 11.1 Å². The van der Waals surface area contributed by atoms with Gasteiger partial charge in [-0.15, -0.1) is 6.58 Å². The molecule has 2 aromatic carbocycles. The zero-order valence-electron chi connectivity index (χ0n) is 10.3. The van der Waals surface area contributed by atoms with Gasteiger partial charge in [-0.05, 0) is 23.1 Å². The van der Waals surface area contributed by atoms with Crippen molar-refractivity contribution in [2.75, 3.05) is 0 Å². The van der Waals surface area contributed by atoms with Gasteiger partial charge >= 0.3 is 0 Å². The van der Waals surface area contributed by atoms with Crippen molar-refractivity contribution in [1.29, 1.82) is 0 Å². The van der Waals surface area contributed by atoms with E-state index in [2.05, 4.69) is 60.5 Å². The first kappa shape index (κ1) is 12.6. The van der Waals surface area contributed by atoms with E-state index in [0.29, 0.717) is 0 Å². The molecule has 0 radical (unpaired) electrons. The van der Waals surface area contributed by atoms with Crippen molar-refractivity contribution in [3.63, 3.8) is 0 Å². The Bertz CT molecular complexity index is 488. The van der Waals surface area contributed by atoms with Gasteiger partial charge in [0.05, 0.1) is 0 Å². The topological polar surface area (TPSA) is 38.0 Å². The van der Waals surface area contributed by atoms with Gasteiger partial charge in [0.1, 0.15) is 0 Å². The standard InChI is InChI=1S/C16H18N2/c1-2-16(18-17)12-13-8-10-15(11-9-13)14-6-4-3-5-7-14/h2-11,16,18H,1,12,17H2. The van der Waals surface area contributed by atoms with Crippen LogP contribution < -0.4 is 11.3 Å². The van der Waals surface area contributed by atoms with Crippen molar-refractivity contribution in [1.82, 2.24) is 5.43 Å². The second kappa shape index (κ2) is 6.15. The normalized spacial score (nSPS) is 12.1. The summed E-state index contributed by atoms with van der Waals surface area (Å²) in [4.78, 5) is 0. The maximum atomic E-state index is 5.43. The average molecular weight is 238 g/mol. The van der Waals surface area contributed by atoms with Crippen LogP contribution >= 0.6 is 0 Å². The van der Waals surface area contributed by atoms with Gasteiger partial charge in [0.2, 0.25) is 0 Å². The van der Waals surface area contributed by atoms with E-state index in [4.69, 9.17) is 5.84 Å². The van der Waals surface area contributed by atoms with Crippen molar-refractivity contribution in [2.45, 2.75) is 12.5 Å². The van der Waals surface area contributed by atoms with E-state index < -0.39 is 0 Å². The van der Waals surface area contributed by atoms with Crippen LogP contribution in [0.4, 0.5) is 0 Å². The van der Waals surface area contributed by atoms with Gasteiger partial charge in [-0.2, -0.15) is 0 Å². The van der Waals surface area contributed by atoms with Gasteiger partial charge in [-0.3, -0.25) is 11.3 Å². The van der Waals surface area contributed by atoms with Crippen molar-refractivity contribution >= 4 is 0 Å². The van der Waals surface area contributed by atoms with Gasteiger partial charge in [0.15, 0.2) is 0 Å². The molecule has 0 amide bonds. The average Bonchev–Trinajstić information content (AvgIpc) is 2.46. The molecule has 0 heterocycles. The summed E-state index contributed by atoms with van der Waals surface area (Å²) in [5.41, 5.74) is 6.45. The lowest BCUT2D eigenvalue weighted by atomic mass is 10.0. The molecule has 0 saturated heterocycles. The Morgan fingerprint density at radius 3 is 2.17 bits per heavy atom. The van der Waals surface area contributed by atoms with Crippen LogP contribution in [-0.4, -0.2) is 6.04 Å². The van der Waals surface area contributed by atoms with Crippen LogP contribution in [0, 0.1) is 0 Å². The molecule has 0 aromatic heterocycles. The number of nitrogens with one attached hydrogen (secondary N) is 1. The van der Waals surface area contributed by atoms with E-state index in [1.165, 1.54) is 16.7 Å². The lowest BCUT2D eigenvalue weighted by Gasteiger charge is -2.11. The van der Waals surface area contributed by atoms with Crippen LogP contribution in [0.1, 0.15) is 5.56 Å². The second-order valence-corrected chi connectivity index (χ2v) is 4.28. The van der Waals surface area contributed by atoms with E-state index in [1.807, 2.05) is 12.1 Å². The summed E-state index contributed by atoms with van der Waals surface area (Å²) in [6.07, 6.45) is 2.68. The summed E-state index contributed by atoms with van der Waals surface area (Å²) in [5, 5.41) is 0. The summed E-state index contributed by atoms with van der Waals surface area (Å²) in [7, 11) is 0. The SMILES string of the molecule is C=CC(Cc1ccc(-c2ccccc2)cc1)NN. The number of hydrogen-bond acceptors (Lipinski definition) is 2. The Labute approximate surface area is 108 Å². The number of hydrogen-bond donors (Lipinski definition) is 2. The highest BCUT2D eigenvalue weighted by atomic mass is 15.2. The lowest BCUT2D eigenvalue weighted by molar-refractivity contribution is 0.618. The molecule has 2 nitrogen and oxygen atoms in total. The molecule has 92 valence electrons. The van der Waals surface area contributed by atoms with Gasteiger partial charge in [-0.1, -0.05) is 60.7 Å². The van der Waals surface area contributed by atoms with Crippen LogP contribution in [-0.2, 0) is 6.42 Å². The maximum absolute atomic E-state index is 5.43. The van der Waals surface area contributed by atoms with Crippen molar-refractivity contribution < 1.29 is 0 Å². The minimum Gasteiger partial charge on any atom is -0.271 e. The molecule has 0 aliphatic carbocycles. The summed E-state index contributed by atoms with van der Waals surface area (Å²) in [5.74, 6) is 5.43. The molecule has 0 spiro atoms. The monoisotopic (exact) mass is 238 g/mol. The fourth-order valence-electron chi connectivity index (χ4n) is 1.93. The van der Waals surface area contributed by atoms with Crippen molar-refractivity contribution in [3.8, 4) is 11.1 Å². The van der Waals surface area contributed by atoms with Crippen LogP contribution in [0.3, 0.4) is 0 Å². The molecule has 0 fully saturated rings. The molecule has 1 unspecified atom stereocenters. The van der Waals surface area contributed by atoms with Gasteiger partial charge in [-0.25, -0.2) is 0 Å². The Morgan fingerprint density at radius 1 is 1.00 bits per heavy atom. The van der Waals surface area contributed by atoms with E-state index in [-0.39, 0.29) is 6.04 Å². The third kappa shape index (κ3) is 3.06. The van der Waals surface area contributed by atoms with E-state index in [9.17, 15) is 0 Å². The van der Waals surface area contributed by atoms with Crippen molar-refractivity contribution in [3.05, 3.63) is 72.8 Å². The fraction of sp³-hybridized carbons (Fsp3) is 0.125. The van der Waals surface area contributed by atoms with Gasteiger partial charge in [0, 0.05) is 6.04 Å². The predicted molar refractivity (Wildman–Crippen MR) is 76.9 cm³/mol. The van der Waals surface area contributed by atoms with Crippen LogP contribution in [0.5, 0.6) is 0 Å². The molecule has 3 N–H and O–H groups in total. The van der Waals surface area contributed by atoms with Crippen molar-refractivity contribution in [2.24, 2.45) is 5.84 Å². The van der Waals surface area contributed by atoms with Gasteiger partial charge in [0.25, 0.3) is 0 Å². The zero-order valence-corrected chi connectivity index (χ0v) is 10.3. The quantitative estimate of drug-likeness (QED) is 0.477. The number of rotatable bonds is 5. The summed E-state index contributed by atoms with van der Waals surface area (Å²) >= 11 is 0. The summed E-state index contributed by atoms with van der Waals surface area (Å²) in [6.45, 7) is 3.75. The number of benzene rings is 2. The lowest BCUT2D eigenvalue weighted by Crippen LogP contribution is -2.34. The largest absolute Gasteiger partial charge is 0.271 e. The maximum Gasteiger partial charge on any atom is 0.0428 e. The predicted octanol–water partition coefficient (Wildman–Crippen LogP) is 2.91. The van der Waals surface area contributed by atoms with E-state index in [0.717, 1.165) is 6.42 Å². The molecule has 2 rings (SSSR count). The highest BCUT2D eigenvalue weighted by molar-refractivity contribution is 5.63. The Hall–Kier alpha value is -1.90. The Balaban J connectivity index is 2.13. The summed E-state index contributed by atoms with van der Waals surface area (Å²) in [6, 6.07) is 19.0. The number of hydrazine groups is 1.